The predicted octanol–water partition coefficient (Wildman–Crippen LogP) is 3.79. The lowest BCUT2D eigenvalue weighted by Crippen LogP contribution is -2.37. The molecule has 2 atom stereocenters. The number of fused-ring (bicyclic) bond motifs is 1. The first-order chi connectivity index (χ1) is 11.3. The second-order valence-corrected chi connectivity index (χ2v) is 7.94. The minimum Gasteiger partial charge on any atom is -0.444 e. The van der Waals surface area contributed by atoms with Gasteiger partial charge in [-0.25, -0.2) is 9.78 Å². The molecule has 1 aliphatic heterocycles. The second kappa shape index (κ2) is 6.37. The molecule has 3 heterocycles. The van der Waals surface area contributed by atoms with Gasteiger partial charge in [-0.3, -0.25) is 4.90 Å². The van der Waals surface area contributed by atoms with Gasteiger partial charge in [0.25, 0.3) is 0 Å². The number of nitrogens with zero attached hydrogens (tertiary/aromatic N) is 3. The van der Waals surface area contributed by atoms with Gasteiger partial charge >= 0.3 is 6.09 Å². The molecule has 2 aromatic rings. The van der Waals surface area contributed by atoms with Crippen LogP contribution in [0.2, 0.25) is 0 Å². The number of imidazole rings is 1. The van der Waals surface area contributed by atoms with Gasteiger partial charge in [-0.2, -0.15) is 0 Å². The third-order valence-electron chi connectivity index (χ3n) is 4.00. The van der Waals surface area contributed by atoms with E-state index in [1.54, 1.807) is 12.0 Å². The molecule has 2 aromatic heterocycles. The van der Waals surface area contributed by atoms with Crippen LogP contribution in [0.5, 0.6) is 0 Å². The molecule has 0 radical (unpaired) electrons. The number of methoxy groups -OCH3 is 1. The van der Waals surface area contributed by atoms with Crippen LogP contribution in [0.1, 0.15) is 38.9 Å². The second-order valence-electron chi connectivity index (χ2n) is 7.02. The molecule has 1 aliphatic rings. The van der Waals surface area contributed by atoms with Gasteiger partial charge in [0.05, 0.1) is 24.4 Å². The zero-order valence-corrected chi connectivity index (χ0v) is 15.9. The highest BCUT2D eigenvalue weighted by Crippen LogP contribution is 2.34. The minimum absolute atomic E-state index is 0.0148. The van der Waals surface area contributed by atoms with Gasteiger partial charge in [0.2, 0.25) is 0 Å². The Morgan fingerprint density at radius 1 is 1.33 bits per heavy atom. The van der Waals surface area contributed by atoms with Crippen LogP contribution in [-0.4, -0.2) is 45.7 Å². The van der Waals surface area contributed by atoms with E-state index in [1.807, 2.05) is 49.7 Å². The molecule has 1 amide bonds. The standard InChI is InChI=1S/C17H22BrN3O3/c1-17(2,3)24-16(22)21-9-12(23-4)7-14(21)13-10-20-8-11(18)5-6-15(20)19-13/h5-6,8,10,12,14H,7,9H2,1-4H3. The number of amides is 1. The van der Waals surface area contributed by atoms with Crippen LogP contribution in [0.15, 0.2) is 29.0 Å². The summed E-state index contributed by atoms with van der Waals surface area (Å²) in [6.07, 6.45) is 4.28. The maximum atomic E-state index is 12.6. The Balaban J connectivity index is 1.91. The fraction of sp³-hybridized carbons (Fsp3) is 0.529. The van der Waals surface area contributed by atoms with Crippen molar-refractivity contribution in [3.63, 3.8) is 0 Å². The van der Waals surface area contributed by atoms with Crippen LogP contribution in [-0.2, 0) is 9.47 Å². The average Bonchev–Trinajstić information content (AvgIpc) is 3.08. The van der Waals surface area contributed by atoms with Crippen molar-refractivity contribution in [3.05, 3.63) is 34.7 Å². The Morgan fingerprint density at radius 3 is 2.75 bits per heavy atom. The van der Waals surface area contributed by atoms with E-state index < -0.39 is 5.60 Å². The summed E-state index contributed by atoms with van der Waals surface area (Å²) in [7, 11) is 1.67. The van der Waals surface area contributed by atoms with Crippen LogP contribution in [0.4, 0.5) is 4.79 Å². The molecular weight excluding hydrogens is 374 g/mol. The molecule has 0 saturated carbocycles. The molecule has 0 aliphatic carbocycles. The number of ether oxygens (including phenoxy) is 2. The number of carbonyl (C=O) groups is 1. The fourth-order valence-electron chi connectivity index (χ4n) is 2.92. The molecule has 0 bridgehead atoms. The number of halogens is 1. The van der Waals surface area contributed by atoms with Crippen molar-refractivity contribution in [3.8, 4) is 0 Å². The third kappa shape index (κ3) is 3.57. The van der Waals surface area contributed by atoms with Crippen molar-refractivity contribution in [1.82, 2.24) is 14.3 Å². The maximum absolute atomic E-state index is 12.6. The average molecular weight is 396 g/mol. The summed E-state index contributed by atoms with van der Waals surface area (Å²) in [6.45, 7) is 6.11. The van der Waals surface area contributed by atoms with E-state index in [9.17, 15) is 4.79 Å². The highest BCUT2D eigenvalue weighted by molar-refractivity contribution is 9.10. The van der Waals surface area contributed by atoms with Crippen LogP contribution in [0.25, 0.3) is 5.65 Å². The zero-order chi connectivity index (χ0) is 17.5. The smallest absolute Gasteiger partial charge is 0.410 e. The fourth-order valence-corrected chi connectivity index (χ4v) is 3.27. The number of carbonyl (C=O) groups excluding carboxylic acids is 1. The topological polar surface area (TPSA) is 56.1 Å². The summed E-state index contributed by atoms with van der Waals surface area (Å²) in [4.78, 5) is 19.0. The molecule has 1 saturated heterocycles. The van der Waals surface area contributed by atoms with E-state index in [-0.39, 0.29) is 18.2 Å². The van der Waals surface area contributed by atoms with Crippen LogP contribution >= 0.6 is 15.9 Å². The van der Waals surface area contributed by atoms with E-state index in [2.05, 4.69) is 20.9 Å². The molecule has 2 unspecified atom stereocenters. The largest absolute Gasteiger partial charge is 0.444 e. The molecule has 7 heteroatoms. The first-order valence-electron chi connectivity index (χ1n) is 7.93. The highest BCUT2D eigenvalue weighted by atomic mass is 79.9. The highest BCUT2D eigenvalue weighted by Gasteiger charge is 2.39. The van der Waals surface area contributed by atoms with E-state index in [4.69, 9.17) is 9.47 Å². The van der Waals surface area contributed by atoms with Gasteiger partial charge in [-0.1, -0.05) is 0 Å². The van der Waals surface area contributed by atoms with E-state index in [0.29, 0.717) is 13.0 Å². The lowest BCUT2D eigenvalue weighted by molar-refractivity contribution is 0.0192. The van der Waals surface area contributed by atoms with Crippen molar-refractivity contribution in [1.29, 1.82) is 0 Å². The van der Waals surface area contributed by atoms with Crippen molar-refractivity contribution in [2.75, 3.05) is 13.7 Å². The summed E-state index contributed by atoms with van der Waals surface area (Å²) >= 11 is 3.46. The van der Waals surface area contributed by atoms with Crippen LogP contribution in [0, 0.1) is 0 Å². The Kier molecular flexibility index (Phi) is 4.57. The summed E-state index contributed by atoms with van der Waals surface area (Å²) < 4.78 is 14.0. The van der Waals surface area contributed by atoms with Crippen molar-refractivity contribution in [2.45, 2.75) is 44.9 Å². The number of rotatable bonds is 2. The molecular formula is C17H22BrN3O3. The van der Waals surface area contributed by atoms with Crippen LogP contribution in [0.3, 0.4) is 0 Å². The summed E-state index contributed by atoms with van der Waals surface area (Å²) in [6, 6.07) is 3.74. The monoisotopic (exact) mass is 395 g/mol. The lowest BCUT2D eigenvalue weighted by atomic mass is 10.1. The molecule has 24 heavy (non-hydrogen) atoms. The first kappa shape index (κ1) is 17.2. The molecule has 1 fully saturated rings. The Hall–Kier alpha value is -1.60. The SMILES string of the molecule is COC1CC(c2cn3cc(Br)ccc3n2)N(C(=O)OC(C)(C)C)C1. The Labute approximate surface area is 149 Å². The van der Waals surface area contributed by atoms with E-state index in [0.717, 1.165) is 15.8 Å². The van der Waals surface area contributed by atoms with Gasteiger partial charge < -0.3 is 13.9 Å². The first-order valence-corrected chi connectivity index (χ1v) is 8.73. The zero-order valence-electron chi connectivity index (χ0n) is 14.3. The van der Waals surface area contributed by atoms with Crippen LogP contribution < -0.4 is 0 Å². The van der Waals surface area contributed by atoms with Gasteiger partial charge in [0.1, 0.15) is 11.2 Å². The number of likely N-dealkylation sites (tertiary alicyclic amines) is 1. The molecule has 6 nitrogen and oxygen atoms in total. The molecule has 3 rings (SSSR count). The van der Waals surface area contributed by atoms with E-state index in [1.165, 1.54) is 0 Å². The van der Waals surface area contributed by atoms with Gasteiger partial charge in [0, 0.05) is 30.4 Å². The molecule has 0 N–H and O–H groups in total. The number of pyridine rings is 1. The molecule has 0 aromatic carbocycles. The van der Waals surface area contributed by atoms with Crippen molar-refractivity contribution < 1.29 is 14.3 Å². The quantitative estimate of drug-likeness (QED) is 0.775. The summed E-state index contributed by atoms with van der Waals surface area (Å²) in [5.74, 6) is 0. The number of hydrogen-bond donors (Lipinski definition) is 0. The van der Waals surface area contributed by atoms with Gasteiger partial charge in [0.15, 0.2) is 0 Å². The number of aromatic nitrogens is 2. The molecule has 130 valence electrons. The minimum atomic E-state index is -0.531. The Morgan fingerprint density at radius 2 is 2.08 bits per heavy atom. The van der Waals surface area contributed by atoms with Crippen molar-refractivity contribution in [2.24, 2.45) is 0 Å². The van der Waals surface area contributed by atoms with Gasteiger partial charge in [-0.05, 0) is 48.8 Å². The van der Waals surface area contributed by atoms with Crippen molar-refractivity contribution >= 4 is 27.7 Å². The predicted molar refractivity (Wildman–Crippen MR) is 94.0 cm³/mol. The summed E-state index contributed by atoms with van der Waals surface area (Å²) in [5, 5.41) is 0. The molecule has 0 spiro atoms. The Bertz CT molecular complexity index is 753. The lowest BCUT2D eigenvalue weighted by Gasteiger charge is -2.27. The van der Waals surface area contributed by atoms with E-state index >= 15 is 0 Å². The third-order valence-corrected chi connectivity index (χ3v) is 4.47. The summed E-state index contributed by atoms with van der Waals surface area (Å²) in [5.41, 5.74) is 1.16. The normalized spacial score (nSPS) is 21.5. The maximum Gasteiger partial charge on any atom is 0.410 e. The number of hydrogen-bond acceptors (Lipinski definition) is 4. The van der Waals surface area contributed by atoms with Gasteiger partial charge in [-0.15, -0.1) is 0 Å².